The van der Waals surface area contributed by atoms with Crippen LogP contribution in [0.2, 0.25) is 0 Å². The highest BCUT2D eigenvalue weighted by Gasteiger charge is 2.18. The first-order valence-electron chi connectivity index (χ1n) is 8.25. The van der Waals surface area contributed by atoms with Crippen molar-refractivity contribution < 1.29 is 9.72 Å². The molecule has 0 unspecified atom stereocenters. The van der Waals surface area contributed by atoms with Gasteiger partial charge >= 0.3 is 0 Å². The number of nitrogens with zero attached hydrogens (tertiary/aromatic N) is 3. The Morgan fingerprint density at radius 3 is 2.69 bits per heavy atom. The van der Waals surface area contributed by atoms with Crippen molar-refractivity contribution in [1.29, 1.82) is 0 Å². The van der Waals surface area contributed by atoms with Crippen LogP contribution in [0.15, 0.2) is 54.7 Å². The molecule has 134 valence electrons. The van der Waals surface area contributed by atoms with E-state index in [1.54, 1.807) is 31.1 Å². The molecule has 7 heteroatoms. The highest BCUT2D eigenvalue weighted by atomic mass is 16.6. The normalized spacial score (nSPS) is 10.7. The minimum atomic E-state index is -0.474. The van der Waals surface area contributed by atoms with Gasteiger partial charge in [-0.05, 0) is 29.7 Å². The summed E-state index contributed by atoms with van der Waals surface area (Å²) in [5, 5.41) is 15.2. The quantitative estimate of drug-likeness (QED) is 0.546. The molecule has 0 saturated carbocycles. The highest BCUT2D eigenvalue weighted by molar-refractivity contribution is 5.95. The van der Waals surface area contributed by atoms with Crippen LogP contribution >= 0.6 is 0 Å². The number of para-hydroxylation sites is 1. The third-order valence-corrected chi connectivity index (χ3v) is 4.23. The van der Waals surface area contributed by atoms with E-state index in [1.807, 2.05) is 36.5 Å². The van der Waals surface area contributed by atoms with Crippen molar-refractivity contribution in [2.24, 2.45) is 0 Å². The van der Waals surface area contributed by atoms with Gasteiger partial charge in [-0.15, -0.1) is 0 Å². The zero-order valence-electron chi connectivity index (χ0n) is 14.7. The SMILES string of the molecule is CN(C)c1ccc(C(=O)NCCn2ccc3ccccc32)cc1[N+](=O)[O-]. The first-order valence-corrected chi connectivity index (χ1v) is 8.25. The number of fused-ring (bicyclic) bond motifs is 1. The molecule has 0 saturated heterocycles. The fraction of sp³-hybridized carbons (Fsp3) is 0.211. The number of aromatic nitrogens is 1. The molecule has 0 atom stereocenters. The number of rotatable bonds is 6. The number of hydrogen-bond donors (Lipinski definition) is 1. The lowest BCUT2D eigenvalue weighted by Crippen LogP contribution is -2.27. The maximum atomic E-state index is 12.3. The Morgan fingerprint density at radius 1 is 1.19 bits per heavy atom. The van der Waals surface area contributed by atoms with Crippen LogP contribution in [0.25, 0.3) is 10.9 Å². The molecule has 0 spiro atoms. The summed E-state index contributed by atoms with van der Waals surface area (Å²) in [6.07, 6.45) is 1.98. The van der Waals surface area contributed by atoms with Gasteiger partial charge in [0, 0.05) is 50.5 Å². The molecule has 0 bridgehead atoms. The molecule has 2 aromatic carbocycles. The summed E-state index contributed by atoms with van der Waals surface area (Å²) in [5.74, 6) is -0.324. The van der Waals surface area contributed by atoms with Crippen LogP contribution in [0, 0.1) is 10.1 Å². The van der Waals surface area contributed by atoms with Gasteiger partial charge in [0.15, 0.2) is 0 Å². The largest absolute Gasteiger partial charge is 0.372 e. The van der Waals surface area contributed by atoms with Crippen LogP contribution in [0.4, 0.5) is 11.4 Å². The van der Waals surface area contributed by atoms with Crippen molar-refractivity contribution in [2.45, 2.75) is 6.54 Å². The topological polar surface area (TPSA) is 80.4 Å². The number of carbonyl (C=O) groups is 1. The van der Waals surface area contributed by atoms with Gasteiger partial charge in [-0.2, -0.15) is 0 Å². The smallest absolute Gasteiger partial charge is 0.293 e. The van der Waals surface area contributed by atoms with Crippen molar-refractivity contribution in [2.75, 3.05) is 25.5 Å². The van der Waals surface area contributed by atoms with Gasteiger partial charge in [-0.25, -0.2) is 0 Å². The standard InChI is InChI=1S/C19H20N4O3/c1-21(2)17-8-7-15(13-18(17)23(25)26)19(24)20-10-12-22-11-9-14-5-3-4-6-16(14)22/h3-9,11,13H,10,12H2,1-2H3,(H,20,24). The lowest BCUT2D eigenvalue weighted by molar-refractivity contribution is -0.384. The Balaban J connectivity index is 1.68. The van der Waals surface area contributed by atoms with E-state index in [-0.39, 0.29) is 17.2 Å². The second kappa shape index (κ2) is 7.26. The van der Waals surface area contributed by atoms with Crippen molar-refractivity contribution in [3.05, 3.63) is 70.4 Å². The zero-order valence-corrected chi connectivity index (χ0v) is 14.7. The van der Waals surface area contributed by atoms with E-state index >= 15 is 0 Å². The van der Waals surface area contributed by atoms with Gasteiger partial charge in [0.1, 0.15) is 5.69 Å². The van der Waals surface area contributed by atoms with Crippen molar-refractivity contribution >= 4 is 28.2 Å². The second-order valence-electron chi connectivity index (χ2n) is 6.18. The van der Waals surface area contributed by atoms with Crippen LogP contribution in [0.5, 0.6) is 0 Å². The average molecular weight is 352 g/mol. The van der Waals surface area contributed by atoms with Crippen molar-refractivity contribution in [3.8, 4) is 0 Å². The number of anilines is 1. The fourth-order valence-electron chi connectivity index (χ4n) is 2.92. The molecule has 3 rings (SSSR count). The molecule has 0 aliphatic carbocycles. The molecular formula is C19H20N4O3. The van der Waals surface area contributed by atoms with Gasteiger partial charge in [0.05, 0.1) is 4.92 Å². The Labute approximate surface area is 151 Å². The molecule has 0 aliphatic rings. The number of carbonyl (C=O) groups excluding carboxylic acids is 1. The monoisotopic (exact) mass is 352 g/mol. The van der Waals surface area contributed by atoms with E-state index < -0.39 is 4.92 Å². The first-order chi connectivity index (χ1) is 12.5. The van der Waals surface area contributed by atoms with Crippen molar-refractivity contribution in [1.82, 2.24) is 9.88 Å². The second-order valence-corrected chi connectivity index (χ2v) is 6.18. The molecule has 1 heterocycles. The first kappa shape index (κ1) is 17.5. The number of nitrogens with one attached hydrogen (secondary N) is 1. The summed E-state index contributed by atoms with van der Waals surface area (Å²) < 4.78 is 2.06. The minimum Gasteiger partial charge on any atom is -0.372 e. The predicted molar refractivity (Wildman–Crippen MR) is 102 cm³/mol. The Hall–Kier alpha value is -3.35. The van der Waals surface area contributed by atoms with E-state index in [1.165, 1.54) is 6.07 Å². The maximum absolute atomic E-state index is 12.3. The third-order valence-electron chi connectivity index (χ3n) is 4.23. The Morgan fingerprint density at radius 2 is 1.96 bits per heavy atom. The average Bonchev–Trinajstić information content (AvgIpc) is 3.04. The van der Waals surface area contributed by atoms with Gasteiger partial charge < -0.3 is 14.8 Å². The summed E-state index contributed by atoms with van der Waals surface area (Å²) >= 11 is 0. The summed E-state index contributed by atoms with van der Waals surface area (Å²) in [4.78, 5) is 24.8. The van der Waals surface area contributed by atoms with Crippen LogP contribution in [-0.4, -0.2) is 36.0 Å². The molecule has 0 aliphatic heterocycles. The number of nitro groups is 1. The summed E-state index contributed by atoms with van der Waals surface area (Å²) in [7, 11) is 3.45. The molecular weight excluding hydrogens is 332 g/mol. The minimum absolute atomic E-state index is 0.0842. The molecule has 0 radical (unpaired) electrons. The van der Waals surface area contributed by atoms with E-state index in [4.69, 9.17) is 0 Å². The molecule has 0 fully saturated rings. The molecule has 1 amide bonds. The summed E-state index contributed by atoms with van der Waals surface area (Å²) in [6.45, 7) is 1.05. The van der Waals surface area contributed by atoms with E-state index in [0.717, 1.165) is 10.9 Å². The van der Waals surface area contributed by atoms with E-state index in [9.17, 15) is 14.9 Å². The van der Waals surface area contributed by atoms with E-state index in [0.29, 0.717) is 18.8 Å². The van der Waals surface area contributed by atoms with Crippen LogP contribution < -0.4 is 10.2 Å². The molecule has 1 aromatic heterocycles. The van der Waals surface area contributed by atoms with Crippen LogP contribution in [0.3, 0.4) is 0 Å². The number of amides is 1. The van der Waals surface area contributed by atoms with Gasteiger partial charge in [0.25, 0.3) is 11.6 Å². The van der Waals surface area contributed by atoms with Gasteiger partial charge in [-0.1, -0.05) is 18.2 Å². The summed E-state index contributed by atoms with van der Waals surface area (Å²) in [6, 6.07) is 14.6. The Bertz CT molecular complexity index is 962. The Kier molecular flexibility index (Phi) is 4.88. The number of hydrogen-bond acceptors (Lipinski definition) is 4. The van der Waals surface area contributed by atoms with Gasteiger partial charge in [0.2, 0.25) is 0 Å². The van der Waals surface area contributed by atoms with E-state index in [2.05, 4.69) is 9.88 Å². The summed E-state index contributed by atoms with van der Waals surface area (Å²) in [5.41, 5.74) is 1.76. The van der Waals surface area contributed by atoms with Gasteiger partial charge in [-0.3, -0.25) is 14.9 Å². The molecule has 26 heavy (non-hydrogen) atoms. The molecule has 1 N–H and O–H groups in total. The number of nitro benzene ring substituents is 1. The van der Waals surface area contributed by atoms with Crippen molar-refractivity contribution in [3.63, 3.8) is 0 Å². The molecule has 7 nitrogen and oxygen atoms in total. The van der Waals surface area contributed by atoms with Crippen LogP contribution in [-0.2, 0) is 6.54 Å². The molecule has 3 aromatic rings. The third kappa shape index (κ3) is 3.51. The lowest BCUT2D eigenvalue weighted by Gasteiger charge is -2.13. The predicted octanol–water partition coefficient (Wildman–Crippen LogP) is 3.05. The fourth-order valence-corrected chi connectivity index (χ4v) is 2.92. The zero-order chi connectivity index (χ0) is 18.7. The maximum Gasteiger partial charge on any atom is 0.293 e. The van der Waals surface area contributed by atoms with Crippen LogP contribution in [0.1, 0.15) is 10.4 Å². The number of benzene rings is 2. The highest BCUT2D eigenvalue weighted by Crippen LogP contribution is 2.27. The lowest BCUT2D eigenvalue weighted by atomic mass is 10.1.